The van der Waals surface area contributed by atoms with E-state index >= 15 is 0 Å². The number of nitrogens with one attached hydrogen (secondary N) is 2. The molecule has 2 aromatic heterocycles. The Morgan fingerprint density at radius 3 is 2.14 bits per heavy atom. The maximum atomic E-state index is 12.4. The van der Waals surface area contributed by atoms with Crippen molar-refractivity contribution in [2.75, 3.05) is 10.0 Å². The van der Waals surface area contributed by atoms with Gasteiger partial charge >= 0.3 is 0 Å². The summed E-state index contributed by atoms with van der Waals surface area (Å²) >= 11 is 1.23. The van der Waals surface area contributed by atoms with Crippen molar-refractivity contribution in [3.05, 3.63) is 61.2 Å². The first kappa shape index (κ1) is 19.7. The van der Waals surface area contributed by atoms with Gasteiger partial charge in [-0.2, -0.15) is 0 Å². The first-order chi connectivity index (χ1) is 13.4. The van der Waals surface area contributed by atoms with Crippen molar-refractivity contribution in [3.8, 4) is 0 Å². The highest BCUT2D eigenvalue weighted by molar-refractivity contribution is 8.00. The van der Waals surface area contributed by atoms with Crippen LogP contribution in [0.1, 0.15) is 6.92 Å². The lowest BCUT2D eigenvalue weighted by molar-refractivity contribution is -0.115. The molecule has 1 aromatic carbocycles. The van der Waals surface area contributed by atoms with E-state index < -0.39 is 15.3 Å². The van der Waals surface area contributed by atoms with Gasteiger partial charge in [0.05, 0.1) is 10.1 Å². The second kappa shape index (κ2) is 8.76. The summed E-state index contributed by atoms with van der Waals surface area (Å²) in [7, 11) is -3.82. The molecule has 28 heavy (non-hydrogen) atoms. The molecule has 0 aliphatic rings. The van der Waals surface area contributed by atoms with Gasteiger partial charge in [0, 0.05) is 30.5 Å². The SMILES string of the molecule is CC(Sc1ncccn1)C(=O)Nc1ccc(S(=O)(=O)Nc2ncccn2)cc1. The number of benzene rings is 1. The smallest absolute Gasteiger partial charge is 0.264 e. The van der Waals surface area contributed by atoms with Crippen LogP contribution in [0.4, 0.5) is 11.6 Å². The Morgan fingerprint density at radius 1 is 0.964 bits per heavy atom. The largest absolute Gasteiger partial charge is 0.325 e. The van der Waals surface area contributed by atoms with E-state index in [1.165, 1.54) is 48.4 Å². The van der Waals surface area contributed by atoms with Crippen LogP contribution < -0.4 is 10.0 Å². The summed E-state index contributed by atoms with van der Waals surface area (Å²) in [5.74, 6) is -0.266. The Labute approximate surface area is 166 Å². The predicted octanol–water partition coefficient (Wildman–Crippen LogP) is 2.19. The highest BCUT2D eigenvalue weighted by Gasteiger charge is 2.18. The third kappa shape index (κ3) is 5.24. The van der Waals surface area contributed by atoms with Gasteiger partial charge in [0.15, 0.2) is 5.16 Å². The van der Waals surface area contributed by atoms with Crippen LogP contribution in [-0.4, -0.2) is 39.5 Å². The van der Waals surface area contributed by atoms with Crippen molar-refractivity contribution >= 4 is 39.3 Å². The van der Waals surface area contributed by atoms with Crippen LogP contribution in [0.5, 0.6) is 0 Å². The van der Waals surface area contributed by atoms with Crippen LogP contribution in [0.3, 0.4) is 0 Å². The van der Waals surface area contributed by atoms with Crippen molar-refractivity contribution in [3.63, 3.8) is 0 Å². The van der Waals surface area contributed by atoms with Crippen LogP contribution in [0.25, 0.3) is 0 Å². The quantitative estimate of drug-likeness (QED) is 0.443. The molecule has 1 atom stereocenters. The Kier molecular flexibility index (Phi) is 6.16. The maximum Gasteiger partial charge on any atom is 0.264 e. The molecule has 3 rings (SSSR count). The zero-order valence-electron chi connectivity index (χ0n) is 14.7. The second-order valence-corrected chi connectivity index (χ2v) is 8.47. The van der Waals surface area contributed by atoms with E-state index in [0.717, 1.165) is 0 Å². The lowest BCUT2D eigenvalue weighted by Crippen LogP contribution is -2.22. The Hall–Kier alpha value is -3.05. The van der Waals surface area contributed by atoms with E-state index in [0.29, 0.717) is 10.8 Å². The number of aromatic nitrogens is 4. The minimum absolute atomic E-state index is 0.0196. The van der Waals surface area contributed by atoms with Crippen LogP contribution in [0.15, 0.2) is 71.2 Å². The van der Waals surface area contributed by atoms with E-state index in [2.05, 4.69) is 30.0 Å². The number of sulfonamides is 1. The van der Waals surface area contributed by atoms with Crippen molar-refractivity contribution in [1.82, 2.24) is 19.9 Å². The Morgan fingerprint density at radius 2 is 1.54 bits per heavy atom. The van der Waals surface area contributed by atoms with Gasteiger partial charge in [0.1, 0.15) is 0 Å². The molecular weight excluding hydrogens is 400 g/mol. The van der Waals surface area contributed by atoms with Gasteiger partial charge in [-0.3, -0.25) is 4.79 Å². The highest BCUT2D eigenvalue weighted by atomic mass is 32.2. The second-order valence-electron chi connectivity index (χ2n) is 5.48. The van der Waals surface area contributed by atoms with Gasteiger partial charge in [-0.1, -0.05) is 11.8 Å². The number of anilines is 2. The number of carbonyl (C=O) groups is 1. The topological polar surface area (TPSA) is 127 Å². The first-order valence-corrected chi connectivity index (χ1v) is 10.4. The molecule has 0 aliphatic carbocycles. The molecule has 2 heterocycles. The highest BCUT2D eigenvalue weighted by Crippen LogP contribution is 2.21. The lowest BCUT2D eigenvalue weighted by atomic mass is 10.3. The molecule has 2 N–H and O–H groups in total. The Bertz CT molecular complexity index is 1030. The Balaban J connectivity index is 1.63. The maximum absolute atomic E-state index is 12.4. The number of rotatable bonds is 7. The molecule has 0 bridgehead atoms. The van der Waals surface area contributed by atoms with Gasteiger partial charge < -0.3 is 5.32 Å². The number of nitrogens with zero attached hydrogens (tertiary/aromatic N) is 4. The van der Waals surface area contributed by atoms with Crippen LogP contribution in [0, 0.1) is 0 Å². The number of hydrogen-bond donors (Lipinski definition) is 2. The van der Waals surface area contributed by atoms with Crippen LogP contribution >= 0.6 is 11.8 Å². The summed E-state index contributed by atoms with van der Waals surface area (Å²) in [6.07, 6.45) is 6.08. The van der Waals surface area contributed by atoms with Crippen molar-refractivity contribution in [2.24, 2.45) is 0 Å². The number of thioether (sulfide) groups is 1. The number of amides is 1. The van der Waals surface area contributed by atoms with Gasteiger partial charge in [-0.25, -0.2) is 33.1 Å². The number of carbonyl (C=O) groups excluding carboxylic acids is 1. The van der Waals surface area contributed by atoms with Crippen molar-refractivity contribution < 1.29 is 13.2 Å². The molecule has 11 heteroatoms. The normalized spacial score (nSPS) is 12.2. The van der Waals surface area contributed by atoms with Crippen molar-refractivity contribution in [2.45, 2.75) is 22.2 Å². The van der Waals surface area contributed by atoms with E-state index in [1.54, 1.807) is 31.5 Å². The standard InChI is InChI=1S/C17H16N6O3S2/c1-12(27-17-20-10-3-11-21-17)15(24)22-13-4-6-14(7-5-13)28(25,26)23-16-18-8-2-9-19-16/h2-12H,1H3,(H,22,24)(H,18,19,23). The molecule has 0 fully saturated rings. The molecule has 144 valence electrons. The van der Waals surface area contributed by atoms with Crippen LogP contribution in [-0.2, 0) is 14.8 Å². The molecule has 1 amide bonds. The average Bonchev–Trinajstić information content (AvgIpc) is 2.69. The molecule has 0 radical (unpaired) electrons. The summed E-state index contributed by atoms with van der Waals surface area (Å²) < 4.78 is 27.0. The monoisotopic (exact) mass is 416 g/mol. The summed E-state index contributed by atoms with van der Waals surface area (Å²) in [6.45, 7) is 1.74. The minimum Gasteiger partial charge on any atom is -0.325 e. The van der Waals surface area contributed by atoms with E-state index in [9.17, 15) is 13.2 Å². The molecule has 0 aliphatic heterocycles. The fourth-order valence-corrected chi connectivity index (χ4v) is 3.73. The number of hydrogen-bond acceptors (Lipinski definition) is 8. The molecular formula is C17H16N6O3S2. The third-order valence-electron chi connectivity index (χ3n) is 3.42. The van der Waals surface area contributed by atoms with Gasteiger partial charge in [0.25, 0.3) is 10.0 Å². The zero-order valence-corrected chi connectivity index (χ0v) is 16.3. The fraction of sp³-hybridized carbons (Fsp3) is 0.118. The predicted molar refractivity (Wildman–Crippen MR) is 105 cm³/mol. The molecule has 9 nitrogen and oxygen atoms in total. The summed E-state index contributed by atoms with van der Waals surface area (Å²) in [5.41, 5.74) is 0.473. The van der Waals surface area contributed by atoms with E-state index in [1.807, 2.05) is 0 Å². The van der Waals surface area contributed by atoms with Gasteiger partial charge in [-0.15, -0.1) is 0 Å². The molecule has 1 unspecified atom stereocenters. The molecule has 0 saturated carbocycles. The van der Waals surface area contributed by atoms with Gasteiger partial charge in [-0.05, 0) is 43.3 Å². The summed E-state index contributed by atoms with van der Waals surface area (Å²) in [5, 5.41) is 2.81. The summed E-state index contributed by atoms with van der Waals surface area (Å²) in [6, 6.07) is 9.07. The van der Waals surface area contributed by atoms with E-state index in [-0.39, 0.29) is 16.8 Å². The minimum atomic E-state index is -3.82. The third-order valence-corrected chi connectivity index (χ3v) is 5.75. The first-order valence-electron chi connectivity index (χ1n) is 8.08. The fourth-order valence-electron chi connectivity index (χ4n) is 2.05. The molecule has 0 saturated heterocycles. The van der Waals surface area contributed by atoms with Crippen LogP contribution in [0.2, 0.25) is 0 Å². The summed E-state index contributed by atoms with van der Waals surface area (Å²) in [4.78, 5) is 28.1. The molecule has 0 spiro atoms. The average molecular weight is 416 g/mol. The van der Waals surface area contributed by atoms with Crippen molar-refractivity contribution in [1.29, 1.82) is 0 Å². The molecule has 3 aromatic rings. The van der Waals surface area contributed by atoms with E-state index in [4.69, 9.17) is 0 Å². The zero-order chi connectivity index (χ0) is 20.0. The van der Waals surface area contributed by atoms with Gasteiger partial charge in [0.2, 0.25) is 11.9 Å². The lowest BCUT2D eigenvalue weighted by Gasteiger charge is -2.11.